The van der Waals surface area contributed by atoms with E-state index in [2.05, 4.69) is 5.32 Å². The fraction of sp³-hybridized carbons (Fsp3) is 0.263. The van der Waals surface area contributed by atoms with E-state index in [1.54, 1.807) is 12.1 Å². The van der Waals surface area contributed by atoms with Gasteiger partial charge < -0.3 is 14.8 Å². The standard InChI is InChI=1S/C19H19ClFNO4/c1-11-5-4-6-15(9-11)25-13(3)19(24)26-12(2)18(23)22-17-8-7-14(21)10-16(17)20/h4-10,12-13H,1-3H3,(H,22,23)/t12-,13-/m0/s1. The summed E-state index contributed by atoms with van der Waals surface area (Å²) >= 11 is 5.86. The van der Waals surface area contributed by atoms with E-state index >= 15 is 0 Å². The highest BCUT2D eigenvalue weighted by Crippen LogP contribution is 2.22. The maximum Gasteiger partial charge on any atom is 0.347 e. The molecule has 0 radical (unpaired) electrons. The lowest BCUT2D eigenvalue weighted by molar-refractivity contribution is -0.159. The van der Waals surface area contributed by atoms with Gasteiger partial charge in [0.15, 0.2) is 12.2 Å². The van der Waals surface area contributed by atoms with Crippen molar-refractivity contribution >= 4 is 29.2 Å². The van der Waals surface area contributed by atoms with E-state index in [1.807, 2.05) is 19.1 Å². The van der Waals surface area contributed by atoms with Gasteiger partial charge in [0.1, 0.15) is 11.6 Å². The van der Waals surface area contributed by atoms with Crippen LogP contribution in [-0.2, 0) is 14.3 Å². The fourth-order valence-corrected chi connectivity index (χ4v) is 2.30. The van der Waals surface area contributed by atoms with Gasteiger partial charge in [0, 0.05) is 0 Å². The van der Waals surface area contributed by atoms with Crippen LogP contribution in [0.4, 0.5) is 10.1 Å². The van der Waals surface area contributed by atoms with Crippen molar-refractivity contribution in [2.75, 3.05) is 5.32 Å². The number of benzene rings is 2. The molecule has 0 spiro atoms. The van der Waals surface area contributed by atoms with E-state index in [4.69, 9.17) is 21.1 Å². The number of hydrogen-bond acceptors (Lipinski definition) is 4. The summed E-state index contributed by atoms with van der Waals surface area (Å²) < 4.78 is 23.7. The summed E-state index contributed by atoms with van der Waals surface area (Å²) in [5.41, 5.74) is 1.22. The first-order chi connectivity index (χ1) is 12.3. The van der Waals surface area contributed by atoms with Gasteiger partial charge in [-0.2, -0.15) is 0 Å². The smallest absolute Gasteiger partial charge is 0.347 e. The summed E-state index contributed by atoms with van der Waals surface area (Å²) in [6.45, 7) is 4.86. The highest BCUT2D eigenvalue weighted by Gasteiger charge is 2.23. The SMILES string of the molecule is Cc1cccc(O[C@@H](C)C(=O)O[C@@H](C)C(=O)Nc2ccc(F)cc2Cl)c1. The van der Waals surface area contributed by atoms with E-state index in [-0.39, 0.29) is 10.7 Å². The van der Waals surface area contributed by atoms with Crippen LogP contribution in [0.3, 0.4) is 0 Å². The number of aryl methyl sites for hydroxylation is 1. The van der Waals surface area contributed by atoms with Crippen LogP contribution in [0.15, 0.2) is 42.5 Å². The molecular weight excluding hydrogens is 361 g/mol. The zero-order valence-electron chi connectivity index (χ0n) is 14.6. The molecule has 0 unspecified atom stereocenters. The van der Waals surface area contributed by atoms with Crippen LogP contribution >= 0.6 is 11.6 Å². The largest absolute Gasteiger partial charge is 0.479 e. The van der Waals surface area contributed by atoms with Crippen molar-refractivity contribution in [3.05, 3.63) is 58.9 Å². The quantitative estimate of drug-likeness (QED) is 0.766. The zero-order chi connectivity index (χ0) is 19.3. The molecule has 1 N–H and O–H groups in total. The van der Waals surface area contributed by atoms with E-state index in [1.165, 1.54) is 19.9 Å². The number of nitrogens with one attached hydrogen (secondary N) is 1. The number of amides is 1. The Kier molecular flexibility index (Phi) is 6.58. The fourth-order valence-electron chi connectivity index (χ4n) is 2.09. The third-order valence-electron chi connectivity index (χ3n) is 3.49. The summed E-state index contributed by atoms with van der Waals surface area (Å²) in [6, 6.07) is 10.8. The molecule has 0 saturated carbocycles. The molecule has 2 rings (SSSR count). The van der Waals surface area contributed by atoms with Crippen molar-refractivity contribution in [2.24, 2.45) is 0 Å². The molecule has 0 saturated heterocycles. The number of carbonyl (C=O) groups excluding carboxylic acids is 2. The van der Waals surface area contributed by atoms with Gasteiger partial charge in [0.25, 0.3) is 5.91 Å². The Bertz CT molecular complexity index is 812. The first-order valence-electron chi connectivity index (χ1n) is 7.96. The normalized spacial score (nSPS) is 12.8. The van der Waals surface area contributed by atoms with Crippen LogP contribution in [0.2, 0.25) is 5.02 Å². The minimum Gasteiger partial charge on any atom is -0.479 e. The minimum absolute atomic E-state index is 0.0491. The topological polar surface area (TPSA) is 64.6 Å². The maximum absolute atomic E-state index is 13.0. The molecule has 26 heavy (non-hydrogen) atoms. The summed E-state index contributed by atoms with van der Waals surface area (Å²) in [4.78, 5) is 24.2. The predicted octanol–water partition coefficient (Wildman–Crippen LogP) is 4.13. The van der Waals surface area contributed by atoms with Crippen molar-refractivity contribution in [1.29, 1.82) is 0 Å². The summed E-state index contributed by atoms with van der Waals surface area (Å²) in [5, 5.41) is 2.53. The van der Waals surface area contributed by atoms with Gasteiger partial charge in [-0.05, 0) is 56.7 Å². The van der Waals surface area contributed by atoms with Gasteiger partial charge in [0.05, 0.1) is 10.7 Å². The maximum atomic E-state index is 13.0. The second-order valence-corrected chi connectivity index (χ2v) is 6.18. The first-order valence-corrected chi connectivity index (χ1v) is 8.34. The molecular formula is C19H19ClFNO4. The molecule has 7 heteroatoms. The predicted molar refractivity (Wildman–Crippen MR) is 96.9 cm³/mol. The van der Waals surface area contributed by atoms with Crippen LogP contribution in [0.25, 0.3) is 0 Å². The number of hydrogen-bond donors (Lipinski definition) is 1. The summed E-state index contributed by atoms with van der Waals surface area (Å²) in [7, 11) is 0. The zero-order valence-corrected chi connectivity index (χ0v) is 15.3. The van der Waals surface area contributed by atoms with E-state index in [9.17, 15) is 14.0 Å². The van der Waals surface area contributed by atoms with E-state index in [0.717, 1.165) is 17.7 Å². The summed E-state index contributed by atoms with van der Waals surface area (Å²) in [6.07, 6.45) is -1.96. The second-order valence-electron chi connectivity index (χ2n) is 5.77. The molecule has 0 heterocycles. The van der Waals surface area contributed by atoms with Gasteiger partial charge in [-0.15, -0.1) is 0 Å². The van der Waals surface area contributed by atoms with Crippen LogP contribution in [0.5, 0.6) is 5.75 Å². The van der Waals surface area contributed by atoms with E-state index < -0.39 is 29.9 Å². The van der Waals surface area contributed by atoms with Gasteiger partial charge in [0.2, 0.25) is 0 Å². The molecule has 1 amide bonds. The van der Waals surface area contributed by atoms with Crippen LogP contribution < -0.4 is 10.1 Å². The van der Waals surface area contributed by atoms with Crippen LogP contribution in [-0.4, -0.2) is 24.1 Å². The van der Waals surface area contributed by atoms with Crippen molar-refractivity contribution < 1.29 is 23.5 Å². The Morgan fingerprint density at radius 2 is 1.85 bits per heavy atom. The van der Waals surface area contributed by atoms with Crippen molar-refractivity contribution in [2.45, 2.75) is 33.0 Å². The Hall–Kier alpha value is -2.60. The Labute approximate surface area is 156 Å². The van der Waals surface area contributed by atoms with Crippen molar-refractivity contribution in [3.8, 4) is 5.75 Å². The molecule has 0 fully saturated rings. The molecule has 0 aromatic heterocycles. The molecule has 5 nitrogen and oxygen atoms in total. The lowest BCUT2D eigenvalue weighted by Crippen LogP contribution is -2.35. The molecule has 0 bridgehead atoms. The van der Waals surface area contributed by atoms with Gasteiger partial charge in [-0.1, -0.05) is 23.7 Å². The Morgan fingerprint density at radius 3 is 2.50 bits per heavy atom. The molecule has 0 aliphatic rings. The number of esters is 1. The van der Waals surface area contributed by atoms with E-state index in [0.29, 0.717) is 5.75 Å². The molecule has 2 aromatic rings. The number of ether oxygens (including phenoxy) is 2. The second kappa shape index (κ2) is 8.67. The van der Waals surface area contributed by atoms with Crippen molar-refractivity contribution in [3.63, 3.8) is 0 Å². The average Bonchev–Trinajstić information content (AvgIpc) is 2.57. The highest BCUT2D eigenvalue weighted by atomic mass is 35.5. The number of rotatable bonds is 6. The molecule has 0 aliphatic carbocycles. The molecule has 138 valence electrons. The summed E-state index contributed by atoms with van der Waals surface area (Å²) in [5.74, 6) is -1.26. The van der Waals surface area contributed by atoms with Gasteiger partial charge >= 0.3 is 5.97 Å². The number of halogens is 2. The van der Waals surface area contributed by atoms with Crippen LogP contribution in [0.1, 0.15) is 19.4 Å². The molecule has 0 aliphatic heterocycles. The van der Waals surface area contributed by atoms with Crippen LogP contribution in [0, 0.1) is 12.7 Å². The highest BCUT2D eigenvalue weighted by molar-refractivity contribution is 6.33. The Balaban J connectivity index is 1.91. The number of anilines is 1. The minimum atomic E-state index is -1.08. The molecule has 2 aromatic carbocycles. The van der Waals surface area contributed by atoms with Gasteiger partial charge in [-0.25, -0.2) is 9.18 Å². The third-order valence-corrected chi connectivity index (χ3v) is 3.80. The number of carbonyl (C=O) groups is 2. The Morgan fingerprint density at radius 1 is 1.12 bits per heavy atom. The first kappa shape index (κ1) is 19.7. The third kappa shape index (κ3) is 5.46. The molecule has 2 atom stereocenters. The lowest BCUT2D eigenvalue weighted by Gasteiger charge is -2.18. The van der Waals surface area contributed by atoms with Gasteiger partial charge in [-0.3, -0.25) is 4.79 Å². The monoisotopic (exact) mass is 379 g/mol. The van der Waals surface area contributed by atoms with Crippen molar-refractivity contribution in [1.82, 2.24) is 0 Å². The lowest BCUT2D eigenvalue weighted by atomic mass is 10.2. The average molecular weight is 380 g/mol.